The molecular weight excluding hydrogens is 142 g/mol. The molecule has 0 bridgehead atoms. The lowest BCUT2D eigenvalue weighted by atomic mass is 10.4. The Morgan fingerprint density at radius 2 is 1.90 bits per heavy atom. The molecule has 1 rings (SSSR count). The molecule has 0 fully saturated rings. The third-order valence-corrected chi connectivity index (χ3v) is 2.18. The summed E-state index contributed by atoms with van der Waals surface area (Å²) in [6, 6.07) is 10.3. The zero-order chi connectivity index (χ0) is 7.23. The quantitative estimate of drug-likeness (QED) is 0.669. The van der Waals surface area contributed by atoms with Crippen molar-refractivity contribution in [2.45, 2.75) is 4.90 Å². The van der Waals surface area contributed by atoms with E-state index in [0.717, 1.165) is 12.3 Å². The first-order chi connectivity index (χ1) is 4.93. The monoisotopic (exact) mass is 153 g/mol. The minimum atomic E-state index is 0.750. The third kappa shape index (κ3) is 2.42. The van der Waals surface area contributed by atoms with Crippen LogP contribution in [0.3, 0.4) is 0 Å². The van der Waals surface area contributed by atoms with Gasteiger partial charge in [0, 0.05) is 17.2 Å². The smallest absolute Gasteiger partial charge is 0.0103 e. The van der Waals surface area contributed by atoms with Crippen molar-refractivity contribution in [3.05, 3.63) is 30.3 Å². The van der Waals surface area contributed by atoms with Crippen molar-refractivity contribution in [1.29, 1.82) is 0 Å². The molecule has 1 nitrogen and oxygen atoms in total. The Morgan fingerprint density at radius 3 is 2.50 bits per heavy atom. The maximum atomic E-state index is 5.36. The van der Waals surface area contributed by atoms with Gasteiger partial charge in [-0.05, 0) is 12.1 Å². The van der Waals surface area contributed by atoms with Crippen molar-refractivity contribution in [2.24, 2.45) is 5.73 Å². The molecular formula is C8H11NS. The average molecular weight is 153 g/mol. The lowest BCUT2D eigenvalue weighted by Crippen LogP contribution is -2.00. The van der Waals surface area contributed by atoms with E-state index in [-0.39, 0.29) is 0 Å². The van der Waals surface area contributed by atoms with Gasteiger partial charge in [0.25, 0.3) is 0 Å². The first-order valence-corrected chi connectivity index (χ1v) is 4.30. The topological polar surface area (TPSA) is 26.0 Å². The maximum Gasteiger partial charge on any atom is 0.0103 e. The summed E-state index contributed by atoms with van der Waals surface area (Å²) >= 11 is 1.80. The largest absolute Gasteiger partial charge is 0.330 e. The standard InChI is InChI=1S/C8H11NS/c9-6-7-10-8-4-2-1-3-5-8/h1-5H,6-7,9H2. The van der Waals surface area contributed by atoms with Gasteiger partial charge in [0.05, 0.1) is 0 Å². The highest BCUT2D eigenvalue weighted by atomic mass is 32.2. The molecule has 0 aliphatic heterocycles. The summed E-state index contributed by atoms with van der Waals surface area (Å²) in [5, 5.41) is 0. The van der Waals surface area contributed by atoms with Crippen LogP contribution in [0.25, 0.3) is 0 Å². The summed E-state index contributed by atoms with van der Waals surface area (Å²) in [5.74, 6) is 1.00. The van der Waals surface area contributed by atoms with Crippen molar-refractivity contribution in [3.63, 3.8) is 0 Å². The Hall–Kier alpha value is -0.470. The van der Waals surface area contributed by atoms with Crippen LogP contribution in [0.1, 0.15) is 0 Å². The SMILES string of the molecule is NCCSc1ccccc1. The second-order valence-electron chi connectivity index (χ2n) is 1.95. The third-order valence-electron chi connectivity index (χ3n) is 1.13. The number of rotatable bonds is 3. The summed E-state index contributed by atoms with van der Waals surface area (Å²) in [7, 11) is 0. The molecule has 0 amide bonds. The van der Waals surface area contributed by atoms with Crippen LogP contribution < -0.4 is 5.73 Å². The van der Waals surface area contributed by atoms with Crippen LogP contribution in [0.4, 0.5) is 0 Å². The molecule has 2 N–H and O–H groups in total. The van der Waals surface area contributed by atoms with Gasteiger partial charge >= 0.3 is 0 Å². The van der Waals surface area contributed by atoms with E-state index in [1.165, 1.54) is 4.90 Å². The van der Waals surface area contributed by atoms with Crippen molar-refractivity contribution in [1.82, 2.24) is 0 Å². The number of hydrogen-bond acceptors (Lipinski definition) is 2. The van der Waals surface area contributed by atoms with E-state index in [9.17, 15) is 0 Å². The molecule has 0 saturated carbocycles. The van der Waals surface area contributed by atoms with E-state index in [1.807, 2.05) is 18.2 Å². The van der Waals surface area contributed by atoms with Crippen LogP contribution in [0.2, 0.25) is 0 Å². The van der Waals surface area contributed by atoms with Gasteiger partial charge in [-0.25, -0.2) is 0 Å². The predicted molar refractivity (Wildman–Crippen MR) is 46.2 cm³/mol. The van der Waals surface area contributed by atoms with Gasteiger partial charge in [0.2, 0.25) is 0 Å². The second kappa shape index (κ2) is 4.36. The summed E-state index contributed by atoms with van der Waals surface area (Å²) in [6.07, 6.45) is 0. The molecule has 0 radical (unpaired) electrons. The van der Waals surface area contributed by atoms with Crippen molar-refractivity contribution in [3.8, 4) is 0 Å². The van der Waals surface area contributed by atoms with E-state index in [1.54, 1.807) is 11.8 Å². The Kier molecular flexibility index (Phi) is 3.33. The van der Waals surface area contributed by atoms with E-state index in [4.69, 9.17) is 5.73 Å². The van der Waals surface area contributed by atoms with Gasteiger partial charge in [0.15, 0.2) is 0 Å². The van der Waals surface area contributed by atoms with Gasteiger partial charge < -0.3 is 5.73 Å². The van der Waals surface area contributed by atoms with Gasteiger partial charge in [0.1, 0.15) is 0 Å². The summed E-state index contributed by atoms with van der Waals surface area (Å²) < 4.78 is 0. The number of benzene rings is 1. The maximum absolute atomic E-state index is 5.36. The molecule has 1 aromatic rings. The molecule has 0 saturated heterocycles. The Bertz CT molecular complexity index is 174. The Morgan fingerprint density at radius 1 is 1.20 bits per heavy atom. The molecule has 1 aromatic carbocycles. The summed E-state index contributed by atoms with van der Waals surface area (Å²) in [6.45, 7) is 0.750. The van der Waals surface area contributed by atoms with E-state index in [0.29, 0.717) is 0 Å². The van der Waals surface area contributed by atoms with Crippen LogP contribution in [0.15, 0.2) is 35.2 Å². The predicted octanol–water partition coefficient (Wildman–Crippen LogP) is 1.74. The molecule has 0 spiro atoms. The van der Waals surface area contributed by atoms with Gasteiger partial charge in [-0.2, -0.15) is 0 Å². The zero-order valence-corrected chi connectivity index (χ0v) is 6.60. The molecule has 0 atom stereocenters. The van der Waals surface area contributed by atoms with Crippen LogP contribution in [0, 0.1) is 0 Å². The van der Waals surface area contributed by atoms with Crippen molar-refractivity contribution in [2.75, 3.05) is 12.3 Å². The molecule has 0 unspecified atom stereocenters. The molecule has 54 valence electrons. The lowest BCUT2D eigenvalue weighted by Gasteiger charge is -1.96. The Labute approximate surface area is 65.6 Å². The van der Waals surface area contributed by atoms with Crippen LogP contribution >= 0.6 is 11.8 Å². The fraction of sp³-hybridized carbons (Fsp3) is 0.250. The van der Waals surface area contributed by atoms with Crippen LogP contribution in [-0.2, 0) is 0 Å². The molecule has 0 heterocycles. The van der Waals surface area contributed by atoms with Gasteiger partial charge in [-0.3, -0.25) is 0 Å². The van der Waals surface area contributed by atoms with Crippen LogP contribution in [0.5, 0.6) is 0 Å². The number of nitrogens with two attached hydrogens (primary N) is 1. The Balaban J connectivity index is 2.43. The highest BCUT2D eigenvalue weighted by molar-refractivity contribution is 7.99. The van der Waals surface area contributed by atoms with E-state index in [2.05, 4.69) is 12.1 Å². The first-order valence-electron chi connectivity index (χ1n) is 3.31. The molecule has 0 aliphatic rings. The molecule has 10 heavy (non-hydrogen) atoms. The highest BCUT2D eigenvalue weighted by Gasteiger charge is 1.87. The normalized spacial score (nSPS) is 9.70. The average Bonchev–Trinajstić information content (AvgIpc) is 2.03. The van der Waals surface area contributed by atoms with Gasteiger partial charge in [-0.15, -0.1) is 11.8 Å². The van der Waals surface area contributed by atoms with E-state index < -0.39 is 0 Å². The number of hydrogen-bond donors (Lipinski definition) is 1. The zero-order valence-electron chi connectivity index (χ0n) is 5.79. The summed E-state index contributed by atoms with van der Waals surface area (Å²) in [4.78, 5) is 1.30. The second-order valence-corrected chi connectivity index (χ2v) is 3.12. The first kappa shape index (κ1) is 7.63. The molecule has 2 heteroatoms. The van der Waals surface area contributed by atoms with Crippen molar-refractivity contribution < 1.29 is 0 Å². The highest BCUT2D eigenvalue weighted by Crippen LogP contribution is 2.15. The molecule has 0 aliphatic carbocycles. The fourth-order valence-electron chi connectivity index (χ4n) is 0.693. The number of thioether (sulfide) groups is 1. The van der Waals surface area contributed by atoms with Gasteiger partial charge in [-0.1, -0.05) is 18.2 Å². The minimum absolute atomic E-state index is 0.750. The van der Waals surface area contributed by atoms with Crippen molar-refractivity contribution >= 4 is 11.8 Å². The lowest BCUT2D eigenvalue weighted by molar-refractivity contribution is 1.15. The van der Waals surface area contributed by atoms with E-state index >= 15 is 0 Å². The minimum Gasteiger partial charge on any atom is -0.330 e. The fourth-order valence-corrected chi connectivity index (χ4v) is 1.40. The summed E-state index contributed by atoms with van der Waals surface area (Å²) in [5.41, 5.74) is 5.36. The molecule has 0 aromatic heterocycles. The van der Waals surface area contributed by atoms with Crippen LogP contribution in [-0.4, -0.2) is 12.3 Å².